The van der Waals surface area contributed by atoms with E-state index in [4.69, 9.17) is 4.74 Å². The van der Waals surface area contributed by atoms with Gasteiger partial charge >= 0.3 is 6.18 Å². The van der Waals surface area contributed by atoms with Gasteiger partial charge in [-0.25, -0.2) is 0 Å². The van der Waals surface area contributed by atoms with Gasteiger partial charge in [0.25, 0.3) is 0 Å². The molecule has 0 spiro atoms. The maximum Gasteiger partial charge on any atom is 0.418 e. The molecular weight excluding hydrogens is 269 g/mol. The van der Waals surface area contributed by atoms with Gasteiger partial charge in [0.2, 0.25) is 0 Å². The summed E-state index contributed by atoms with van der Waals surface area (Å²) >= 11 is 0. The van der Waals surface area contributed by atoms with Gasteiger partial charge in [0.15, 0.2) is 6.10 Å². The Kier molecular flexibility index (Phi) is 6.85. The van der Waals surface area contributed by atoms with Gasteiger partial charge in [0.05, 0.1) is 6.61 Å². The van der Waals surface area contributed by atoms with Crippen LogP contribution in [0.4, 0.5) is 13.2 Å². The standard InChI is InChI=1S/C15H21F3O2/c1-2-3-4-5-8-11-20-13-10-7-6-9-12(13)14(19)15(16,17)18/h6-7,9-10,14,19H,2-5,8,11H2,1H3. The zero-order chi connectivity index (χ0) is 15.0. The SMILES string of the molecule is CCCCCCCOc1ccccc1C(O)C(F)(F)F. The van der Waals surface area contributed by atoms with Crippen molar-refractivity contribution in [2.45, 2.75) is 51.3 Å². The minimum atomic E-state index is -4.68. The third-order valence-electron chi connectivity index (χ3n) is 3.03. The third-order valence-corrected chi connectivity index (χ3v) is 3.03. The van der Waals surface area contributed by atoms with Crippen LogP contribution >= 0.6 is 0 Å². The van der Waals surface area contributed by atoms with Crippen molar-refractivity contribution in [1.29, 1.82) is 0 Å². The highest BCUT2D eigenvalue weighted by Gasteiger charge is 2.40. The Morgan fingerprint density at radius 2 is 1.75 bits per heavy atom. The lowest BCUT2D eigenvalue weighted by atomic mass is 10.1. The van der Waals surface area contributed by atoms with Crippen molar-refractivity contribution < 1.29 is 23.0 Å². The number of rotatable bonds is 8. The van der Waals surface area contributed by atoms with Gasteiger partial charge in [-0.2, -0.15) is 13.2 Å². The first-order valence-electron chi connectivity index (χ1n) is 6.93. The lowest BCUT2D eigenvalue weighted by Gasteiger charge is -2.18. The predicted molar refractivity (Wildman–Crippen MR) is 71.7 cm³/mol. The zero-order valence-corrected chi connectivity index (χ0v) is 11.6. The predicted octanol–water partition coefficient (Wildman–Crippen LogP) is 4.63. The van der Waals surface area contributed by atoms with Crippen molar-refractivity contribution in [1.82, 2.24) is 0 Å². The van der Waals surface area contributed by atoms with Crippen LogP contribution < -0.4 is 4.74 Å². The summed E-state index contributed by atoms with van der Waals surface area (Å²) in [5, 5.41) is 9.31. The Balaban J connectivity index is 2.54. The molecule has 0 aliphatic heterocycles. The summed E-state index contributed by atoms with van der Waals surface area (Å²) in [6.07, 6.45) is -1.98. The second-order valence-corrected chi connectivity index (χ2v) is 4.74. The van der Waals surface area contributed by atoms with Gasteiger partial charge in [0.1, 0.15) is 5.75 Å². The number of halogens is 3. The van der Waals surface area contributed by atoms with Gasteiger partial charge in [-0.05, 0) is 12.5 Å². The van der Waals surface area contributed by atoms with Crippen LogP contribution in [0.3, 0.4) is 0 Å². The molecule has 1 atom stereocenters. The van der Waals surface area contributed by atoms with Crippen LogP contribution in [-0.4, -0.2) is 17.9 Å². The number of aliphatic hydroxyl groups is 1. The van der Waals surface area contributed by atoms with E-state index < -0.39 is 12.3 Å². The number of ether oxygens (including phenoxy) is 1. The van der Waals surface area contributed by atoms with Crippen molar-refractivity contribution in [2.24, 2.45) is 0 Å². The molecule has 0 aliphatic rings. The molecule has 1 N–H and O–H groups in total. The highest BCUT2D eigenvalue weighted by molar-refractivity contribution is 5.35. The maximum absolute atomic E-state index is 12.5. The number of para-hydroxylation sites is 1. The Hall–Kier alpha value is -1.23. The maximum atomic E-state index is 12.5. The minimum absolute atomic E-state index is 0.104. The van der Waals surface area contributed by atoms with Crippen LogP contribution in [0.5, 0.6) is 5.75 Å². The Morgan fingerprint density at radius 3 is 2.40 bits per heavy atom. The summed E-state index contributed by atoms with van der Waals surface area (Å²) in [6, 6.07) is 5.75. The second-order valence-electron chi connectivity index (χ2n) is 4.74. The topological polar surface area (TPSA) is 29.5 Å². The zero-order valence-electron chi connectivity index (χ0n) is 11.6. The highest BCUT2D eigenvalue weighted by Crippen LogP contribution is 2.36. The fraction of sp³-hybridized carbons (Fsp3) is 0.600. The molecule has 1 rings (SSSR count). The number of hydrogen-bond acceptors (Lipinski definition) is 2. The third kappa shape index (κ3) is 5.41. The van der Waals surface area contributed by atoms with E-state index in [1.54, 1.807) is 6.07 Å². The molecule has 1 aromatic rings. The van der Waals surface area contributed by atoms with Crippen molar-refractivity contribution in [3.8, 4) is 5.75 Å². The van der Waals surface area contributed by atoms with Crippen molar-refractivity contribution in [3.05, 3.63) is 29.8 Å². The van der Waals surface area contributed by atoms with E-state index in [1.807, 2.05) is 0 Å². The number of aliphatic hydroxyl groups excluding tert-OH is 1. The number of unbranched alkanes of at least 4 members (excludes halogenated alkanes) is 4. The van der Waals surface area contributed by atoms with Crippen LogP contribution in [-0.2, 0) is 0 Å². The number of benzene rings is 1. The molecule has 0 radical (unpaired) electrons. The van der Waals surface area contributed by atoms with Crippen LogP contribution in [0, 0.1) is 0 Å². The van der Waals surface area contributed by atoms with E-state index in [2.05, 4.69) is 6.92 Å². The summed E-state index contributed by atoms with van der Waals surface area (Å²) in [4.78, 5) is 0. The van der Waals surface area contributed by atoms with Crippen LogP contribution in [0.1, 0.15) is 50.7 Å². The molecule has 1 unspecified atom stereocenters. The molecule has 0 aromatic heterocycles. The Labute approximate surface area is 117 Å². The molecule has 1 aromatic carbocycles. The largest absolute Gasteiger partial charge is 0.493 e. The lowest BCUT2D eigenvalue weighted by Crippen LogP contribution is -2.21. The first kappa shape index (κ1) is 16.8. The van der Waals surface area contributed by atoms with Gasteiger partial charge in [-0.3, -0.25) is 0 Å². The molecule has 0 aliphatic carbocycles. The normalized spacial score (nSPS) is 13.2. The summed E-state index contributed by atoms with van der Waals surface area (Å²) in [5.41, 5.74) is -0.228. The highest BCUT2D eigenvalue weighted by atomic mass is 19.4. The van der Waals surface area contributed by atoms with Crippen LogP contribution in [0.25, 0.3) is 0 Å². The summed E-state index contributed by atoms with van der Waals surface area (Å²) in [7, 11) is 0. The first-order valence-corrected chi connectivity index (χ1v) is 6.93. The molecule has 20 heavy (non-hydrogen) atoms. The van der Waals surface area contributed by atoms with Gasteiger partial charge in [-0.1, -0.05) is 50.8 Å². The number of hydrogen-bond donors (Lipinski definition) is 1. The van der Waals surface area contributed by atoms with E-state index in [1.165, 1.54) is 18.2 Å². The summed E-state index contributed by atoms with van der Waals surface area (Å²) in [5.74, 6) is 0.104. The van der Waals surface area contributed by atoms with Crippen molar-refractivity contribution in [3.63, 3.8) is 0 Å². The molecule has 114 valence electrons. The average molecular weight is 290 g/mol. The van der Waals surface area contributed by atoms with E-state index in [-0.39, 0.29) is 11.3 Å². The van der Waals surface area contributed by atoms with Crippen LogP contribution in [0.2, 0.25) is 0 Å². The molecular formula is C15H21F3O2. The van der Waals surface area contributed by atoms with Gasteiger partial charge < -0.3 is 9.84 Å². The molecule has 0 heterocycles. The lowest BCUT2D eigenvalue weighted by molar-refractivity contribution is -0.207. The fourth-order valence-electron chi connectivity index (χ4n) is 1.90. The molecule has 2 nitrogen and oxygen atoms in total. The van der Waals surface area contributed by atoms with Gasteiger partial charge in [0, 0.05) is 5.56 Å². The van der Waals surface area contributed by atoms with Crippen molar-refractivity contribution >= 4 is 0 Å². The Morgan fingerprint density at radius 1 is 1.10 bits per heavy atom. The summed E-state index contributed by atoms with van der Waals surface area (Å²) < 4.78 is 43.0. The van der Waals surface area contributed by atoms with Gasteiger partial charge in [-0.15, -0.1) is 0 Å². The summed E-state index contributed by atoms with van der Waals surface area (Å²) in [6.45, 7) is 2.48. The smallest absolute Gasteiger partial charge is 0.418 e. The number of alkyl halides is 3. The molecule has 0 saturated heterocycles. The molecule has 0 bridgehead atoms. The fourth-order valence-corrected chi connectivity index (χ4v) is 1.90. The molecule has 0 amide bonds. The van der Waals surface area contributed by atoms with E-state index >= 15 is 0 Å². The monoisotopic (exact) mass is 290 g/mol. The quantitative estimate of drug-likeness (QED) is 0.707. The molecule has 0 saturated carbocycles. The Bertz CT molecular complexity index is 391. The first-order chi connectivity index (χ1) is 9.46. The van der Waals surface area contributed by atoms with E-state index in [0.717, 1.165) is 32.1 Å². The second kappa shape index (κ2) is 8.15. The van der Waals surface area contributed by atoms with Crippen molar-refractivity contribution in [2.75, 3.05) is 6.61 Å². The minimum Gasteiger partial charge on any atom is -0.493 e. The molecule has 5 heteroatoms. The van der Waals surface area contributed by atoms with E-state index in [9.17, 15) is 18.3 Å². The van der Waals surface area contributed by atoms with E-state index in [0.29, 0.717) is 6.61 Å². The molecule has 0 fully saturated rings. The van der Waals surface area contributed by atoms with Crippen LogP contribution in [0.15, 0.2) is 24.3 Å². The average Bonchev–Trinajstić information content (AvgIpc) is 2.41.